The fourth-order valence-electron chi connectivity index (χ4n) is 8.92. The molecule has 2 aliphatic heterocycles. The van der Waals surface area contributed by atoms with Crippen LogP contribution in [0.25, 0.3) is 79.8 Å². The Labute approximate surface area is 320 Å². The number of halogens is 1. The zero-order valence-electron chi connectivity index (χ0n) is 32.1. The van der Waals surface area contributed by atoms with Gasteiger partial charge in [0.15, 0.2) is 0 Å². The molecule has 8 bridgehead atoms. The fourth-order valence-corrected chi connectivity index (χ4v) is 9.51. The van der Waals surface area contributed by atoms with Crippen LogP contribution in [0.4, 0.5) is 0 Å². The smallest absolute Gasteiger partial charge is 0.0737 e. The molecule has 5 heteroatoms. The monoisotopic (exact) mass is 756 g/mol. The second-order valence-electron chi connectivity index (χ2n) is 15.1. The summed E-state index contributed by atoms with van der Waals surface area (Å²) in [7, 11) is 0. The number of aromatic nitrogens is 4. The van der Waals surface area contributed by atoms with Crippen molar-refractivity contribution in [3.63, 3.8) is 0 Å². The first kappa shape index (κ1) is 34.8. The number of alkyl halides is 1. The molecule has 0 atom stereocenters. The number of hydrogen-bond donors (Lipinski definition) is 2. The third-order valence-electron chi connectivity index (χ3n) is 10.8. The highest BCUT2D eigenvalue weighted by molar-refractivity contribution is 9.08. The Balaban J connectivity index is 1.61. The zero-order valence-corrected chi connectivity index (χ0v) is 33.6. The van der Waals surface area contributed by atoms with Crippen LogP contribution in [0, 0.1) is 62.3 Å². The Morgan fingerprint density at radius 3 is 1.02 bits per heavy atom. The van der Waals surface area contributed by atoms with Crippen LogP contribution in [0.2, 0.25) is 0 Å². The lowest BCUT2D eigenvalue weighted by Crippen LogP contribution is -1.96. The summed E-state index contributed by atoms with van der Waals surface area (Å²) < 4.78 is 0. The van der Waals surface area contributed by atoms with Crippen molar-refractivity contribution in [2.24, 2.45) is 0 Å². The molecule has 264 valence electrons. The Hall–Kier alpha value is -5.26. The van der Waals surface area contributed by atoms with E-state index in [4.69, 9.17) is 9.97 Å². The standard InChI is InChI=1S/C48H45BrN4/c1-25-18-28(4)43(29(5)19-25)46-37-12-10-35(50-37)34(24-49)36-11-13-38(51-36)47(44-30(6)20-26(2)21-31(44)7)40-15-17-42(53-40)48(41-16-14-39(46)52-41)45-32(8)22-27(3)23-33(45)9/h10-23,50,53H,24H2,1-9H3. The van der Waals surface area contributed by atoms with Gasteiger partial charge in [-0.15, -0.1) is 0 Å². The lowest BCUT2D eigenvalue weighted by atomic mass is 9.92. The normalized spacial score (nSPS) is 12.3. The van der Waals surface area contributed by atoms with Gasteiger partial charge in [0.2, 0.25) is 0 Å². The van der Waals surface area contributed by atoms with Crippen LogP contribution in [0.3, 0.4) is 0 Å². The summed E-state index contributed by atoms with van der Waals surface area (Å²) in [5.41, 5.74) is 27.0. The molecule has 0 radical (unpaired) electrons. The maximum absolute atomic E-state index is 5.55. The number of H-pyrrole nitrogens is 2. The molecule has 0 fully saturated rings. The van der Waals surface area contributed by atoms with Crippen molar-refractivity contribution in [1.29, 1.82) is 0 Å². The van der Waals surface area contributed by atoms with Crippen LogP contribution >= 0.6 is 15.9 Å². The number of fused-ring (bicyclic) bond motifs is 8. The molecule has 0 saturated heterocycles. The van der Waals surface area contributed by atoms with Crippen LogP contribution in [0.1, 0.15) is 78.4 Å². The first-order valence-electron chi connectivity index (χ1n) is 18.4. The van der Waals surface area contributed by atoms with Gasteiger partial charge in [0.1, 0.15) is 0 Å². The summed E-state index contributed by atoms with van der Waals surface area (Å²) in [5.74, 6) is 0. The van der Waals surface area contributed by atoms with Crippen molar-refractivity contribution in [1.82, 2.24) is 19.9 Å². The molecule has 3 aromatic carbocycles. The van der Waals surface area contributed by atoms with Crippen molar-refractivity contribution in [3.05, 3.63) is 139 Å². The molecular weight excluding hydrogens is 712 g/mol. The molecular formula is C48H45BrN4. The number of aryl methyl sites for hydroxylation is 9. The molecule has 2 aliphatic rings. The Morgan fingerprint density at radius 2 is 0.679 bits per heavy atom. The summed E-state index contributed by atoms with van der Waals surface area (Å²) in [4.78, 5) is 18.7. The van der Waals surface area contributed by atoms with E-state index >= 15 is 0 Å². The third-order valence-corrected chi connectivity index (χ3v) is 11.3. The molecule has 2 N–H and O–H groups in total. The molecule has 3 aromatic heterocycles. The van der Waals surface area contributed by atoms with Gasteiger partial charge >= 0.3 is 0 Å². The Kier molecular flexibility index (Phi) is 8.74. The second-order valence-corrected chi connectivity index (χ2v) is 15.6. The van der Waals surface area contributed by atoms with E-state index in [9.17, 15) is 0 Å². The van der Waals surface area contributed by atoms with E-state index < -0.39 is 0 Å². The van der Waals surface area contributed by atoms with E-state index in [0.29, 0.717) is 5.33 Å². The van der Waals surface area contributed by atoms with Gasteiger partial charge in [0.25, 0.3) is 0 Å². The molecule has 0 unspecified atom stereocenters. The highest BCUT2D eigenvalue weighted by atomic mass is 79.9. The molecule has 0 saturated carbocycles. The van der Waals surface area contributed by atoms with Gasteiger partial charge in [-0.2, -0.15) is 0 Å². The fraction of sp³-hybridized carbons (Fsp3) is 0.208. The van der Waals surface area contributed by atoms with E-state index in [1.807, 2.05) is 0 Å². The van der Waals surface area contributed by atoms with E-state index in [1.54, 1.807) is 0 Å². The van der Waals surface area contributed by atoms with Gasteiger partial charge in [-0.05, 0) is 161 Å². The quantitative estimate of drug-likeness (QED) is 0.176. The van der Waals surface area contributed by atoms with Gasteiger partial charge in [0.05, 0.1) is 22.8 Å². The third kappa shape index (κ3) is 6.01. The van der Waals surface area contributed by atoms with Crippen molar-refractivity contribution in [2.45, 2.75) is 67.6 Å². The van der Waals surface area contributed by atoms with Crippen molar-refractivity contribution >= 4 is 62.3 Å². The summed E-state index contributed by atoms with van der Waals surface area (Å²) in [6.45, 7) is 19.8. The van der Waals surface area contributed by atoms with Crippen LogP contribution in [-0.2, 0) is 5.33 Å². The van der Waals surface area contributed by atoms with E-state index in [0.717, 1.165) is 67.1 Å². The van der Waals surface area contributed by atoms with Crippen LogP contribution < -0.4 is 0 Å². The molecule has 0 aliphatic carbocycles. The number of hydrogen-bond acceptors (Lipinski definition) is 2. The number of benzene rings is 3. The Morgan fingerprint density at radius 1 is 0.396 bits per heavy atom. The second kappa shape index (κ2) is 13.3. The van der Waals surface area contributed by atoms with Gasteiger partial charge in [0, 0.05) is 49.7 Å². The molecule has 5 heterocycles. The van der Waals surface area contributed by atoms with Crippen LogP contribution in [0.15, 0.2) is 60.7 Å². The van der Waals surface area contributed by atoms with E-state index in [-0.39, 0.29) is 0 Å². The average Bonchev–Trinajstić information content (AvgIpc) is 3.91. The average molecular weight is 758 g/mol. The topological polar surface area (TPSA) is 57.4 Å². The maximum atomic E-state index is 5.55. The Bertz CT molecular complexity index is 2630. The molecule has 0 spiro atoms. The molecule has 8 rings (SSSR count). The summed E-state index contributed by atoms with van der Waals surface area (Å²) in [6.07, 6.45) is 8.73. The van der Waals surface area contributed by atoms with Crippen molar-refractivity contribution in [3.8, 4) is 33.4 Å². The van der Waals surface area contributed by atoms with Crippen molar-refractivity contribution < 1.29 is 0 Å². The number of aromatic amines is 2. The predicted molar refractivity (Wildman–Crippen MR) is 230 cm³/mol. The van der Waals surface area contributed by atoms with Gasteiger partial charge in [-0.1, -0.05) is 69.0 Å². The largest absolute Gasteiger partial charge is 0.355 e. The SMILES string of the molecule is Cc1cc(C)c(-c2c3nc(c(-c4c(C)cc(C)cc4C)c4ccc([nH]4)c(-c4c(C)cc(C)cc4C)c4nc(c(CBr)c5ccc2[nH]5)C=C4)C=C3)c(C)c1. The van der Waals surface area contributed by atoms with Gasteiger partial charge < -0.3 is 9.97 Å². The van der Waals surface area contributed by atoms with Crippen LogP contribution in [0.5, 0.6) is 0 Å². The highest BCUT2D eigenvalue weighted by Crippen LogP contribution is 2.41. The molecule has 4 nitrogen and oxygen atoms in total. The summed E-state index contributed by atoms with van der Waals surface area (Å²) in [6, 6.07) is 22.5. The lowest BCUT2D eigenvalue weighted by molar-refractivity contribution is 1.25. The summed E-state index contributed by atoms with van der Waals surface area (Å²) >= 11 is 3.84. The lowest BCUT2D eigenvalue weighted by Gasteiger charge is -2.14. The molecule has 6 aromatic rings. The minimum atomic E-state index is 0.651. The molecule has 0 amide bonds. The highest BCUT2D eigenvalue weighted by Gasteiger charge is 2.22. The number of rotatable bonds is 4. The first-order chi connectivity index (χ1) is 25.4. The van der Waals surface area contributed by atoms with Crippen molar-refractivity contribution in [2.75, 3.05) is 0 Å². The zero-order chi connectivity index (χ0) is 37.3. The van der Waals surface area contributed by atoms with Crippen LogP contribution in [-0.4, -0.2) is 19.9 Å². The first-order valence-corrected chi connectivity index (χ1v) is 19.5. The summed E-state index contributed by atoms with van der Waals surface area (Å²) in [5, 5.41) is 0.651. The minimum Gasteiger partial charge on any atom is -0.355 e. The number of nitrogens with zero attached hydrogens (tertiary/aromatic N) is 2. The predicted octanol–water partition coefficient (Wildman–Crippen LogP) is 13.3. The van der Waals surface area contributed by atoms with Gasteiger partial charge in [-0.25, -0.2) is 9.97 Å². The maximum Gasteiger partial charge on any atom is 0.0737 e. The van der Waals surface area contributed by atoms with Gasteiger partial charge in [-0.3, -0.25) is 0 Å². The van der Waals surface area contributed by atoms with E-state index in [1.165, 1.54) is 66.8 Å². The molecule has 53 heavy (non-hydrogen) atoms. The minimum absolute atomic E-state index is 0.651. The van der Waals surface area contributed by atoms with E-state index in [2.05, 4.69) is 173 Å². The number of nitrogens with one attached hydrogen (secondary N) is 2.